The van der Waals surface area contributed by atoms with E-state index in [9.17, 15) is 22.4 Å². The molecule has 2 aromatic rings. The minimum Gasteiger partial charge on any atom is -0.314 e. The fourth-order valence-electron chi connectivity index (χ4n) is 3.74. The number of hydrogen-bond donors (Lipinski definition) is 1. The van der Waals surface area contributed by atoms with Gasteiger partial charge in [-0.05, 0) is 31.0 Å². The molecular formula is C17H14F4N4O. The van der Waals surface area contributed by atoms with Crippen LogP contribution in [0.1, 0.15) is 35.7 Å². The molecule has 2 atom stereocenters. The van der Waals surface area contributed by atoms with E-state index in [-0.39, 0.29) is 17.8 Å². The molecule has 1 fully saturated rings. The Morgan fingerprint density at radius 1 is 1.27 bits per heavy atom. The van der Waals surface area contributed by atoms with E-state index in [4.69, 9.17) is 0 Å². The summed E-state index contributed by atoms with van der Waals surface area (Å²) < 4.78 is 51.9. The Labute approximate surface area is 146 Å². The molecule has 1 aromatic carbocycles. The summed E-state index contributed by atoms with van der Waals surface area (Å²) in [5.74, 6) is -1.38. The first kappa shape index (κ1) is 16.7. The predicted molar refractivity (Wildman–Crippen MR) is 83.8 cm³/mol. The molecule has 1 saturated heterocycles. The highest BCUT2D eigenvalue weighted by Gasteiger charge is 2.43. The topological polar surface area (TPSA) is 58.1 Å². The van der Waals surface area contributed by atoms with Crippen molar-refractivity contribution < 1.29 is 22.4 Å². The number of amides is 2. The number of urea groups is 1. The third-order valence-corrected chi connectivity index (χ3v) is 4.88. The van der Waals surface area contributed by atoms with Crippen LogP contribution in [-0.2, 0) is 12.6 Å². The van der Waals surface area contributed by atoms with E-state index < -0.39 is 23.6 Å². The van der Waals surface area contributed by atoms with Crippen molar-refractivity contribution >= 4 is 11.7 Å². The third-order valence-electron chi connectivity index (χ3n) is 4.88. The highest BCUT2D eigenvalue weighted by atomic mass is 19.4. The molecule has 136 valence electrons. The van der Waals surface area contributed by atoms with E-state index in [2.05, 4.69) is 15.3 Å². The summed E-state index contributed by atoms with van der Waals surface area (Å²) in [5, 5.41) is 2.46. The van der Waals surface area contributed by atoms with Gasteiger partial charge in [-0.1, -0.05) is 0 Å². The Balaban J connectivity index is 1.59. The summed E-state index contributed by atoms with van der Waals surface area (Å²) >= 11 is 0. The van der Waals surface area contributed by atoms with Gasteiger partial charge in [-0.15, -0.1) is 0 Å². The summed E-state index contributed by atoms with van der Waals surface area (Å²) in [6, 6.07) is 1.65. The number of nitrogens with one attached hydrogen (secondary N) is 1. The number of alkyl halides is 3. The zero-order valence-corrected chi connectivity index (χ0v) is 13.4. The molecule has 3 heterocycles. The molecule has 4 rings (SSSR count). The first-order valence-electron chi connectivity index (χ1n) is 8.09. The maximum atomic E-state index is 13.4. The van der Waals surface area contributed by atoms with E-state index in [0.717, 1.165) is 30.2 Å². The molecular weight excluding hydrogens is 352 g/mol. The van der Waals surface area contributed by atoms with Crippen LogP contribution < -0.4 is 5.32 Å². The van der Waals surface area contributed by atoms with Crippen molar-refractivity contribution in [3.05, 3.63) is 53.4 Å². The van der Waals surface area contributed by atoms with Crippen LogP contribution in [0.15, 0.2) is 30.7 Å². The number of aromatic nitrogens is 2. The average molecular weight is 366 g/mol. The van der Waals surface area contributed by atoms with Gasteiger partial charge < -0.3 is 10.2 Å². The summed E-state index contributed by atoms with van der Waals surface area (Å²) in [6.07, 6.45) is 0.422. The third kappa shape index (κ3) is 2.77. The molecule has 0 saturated carbocycles. The van der Waals surface area contributed by atoms with Gasteiger partial charge in [-0.25, -0.2) is 19.2 Å². The van der Waals surface area contributed by atoms with Crippen LogP contribution in [0.4, 0.5) is 28.0 Å². The van der Waals surface area contributed by atoms with Crippen LogP contribution in [0.5, 0.6) is 0 Å². The molecule has 0 aliphatic carbocycles. The molecule has 1 aromatic heterocycles. The van der Waals surface area contributed by atoms with Crippen LogP contribution >= 0.6 is 0 Å². The Morgan fingerprint density at radius 2 is 2.08 bits per heavy atom. The molecule has 2 aliphatic rings. The van der Waals surface area contributed by atoms with Gasteiger partial charge in [0.25, 0.3) is 0 Å². The lowest BCUT2D eigenvalue weighted by Gasteiger charge is -2.35. The van der Waals surface area contributed by atoms with Crippen LogP contribution in [0.2, 0.25) is 0 Å². The molecule has 2 aliphatic heterocycles. The Hall–Kier alpha value is -2.71. The Kier molecular flexibility index (Phi) is 3.82. The first-order chi connectivity index (χ1) is 12.3. The van der Waals surface area contributed by atoms with E-state index in [1.54, 1.807) is 11.1 Å². The monoisotopic (exact) mass is 366 g/mol. The SMILES string of the molecule is O=C(Nc1ccc(F)c(C(F)(F)F)c1)N1[C@@H]2CC[C@H]1c1cncnc1C2. The largest absolute Gasteiger partial charge is 0.419 e. The van der Waals surface area contributed by atoms with Gasteiger partial charge in [0.15, 0.2) is 0 Å². The van der Waals surface area contributed by atoms with Crippen molar-refractivity contribution in [2.45, 2.75) is 37.5 Å². The van der Waals surface area contributed by atoms with Crippen molar-refractivity contribution in [1.29, 1.82) is 0 Å². The number of benzene rings is 1. The number of hydrogen-bond acceptors (Lipinski definition) is 3. The average Bonchev–Trinajstić information content (AvgIpc) is 2.91. The molecule has 0 unspecified atom stereocenters. The molecule has 0 spiro atoms. The minimum absolute atomic E-state index is 0.0649. The first-order valence-corrected chi connectivity index (χ1v) is 8.09. The second-order valence-electron chi connectivity index (χ2n) is 6.41. The fraction of sp³-hybridized carbons (Fsp3) is 0.353. The van der Waals surface area contributed by atoms with E-state index in [1.165, 1.54) is 6.33 Å². The fourth-order valence-corrected chi connectivity index (χ4v) is 3.74. The van der Waals surface area contributed by atoms with Crippen molar-refractivity contribution in [3.63, 3.8) is 0 Å². The lowest BCUT2D eigenvalue weighted by Crippen LogP contribution is -2.44. The van der Waals surface area contributed by atoms with Gasteiger partial charge in [0.05, 0.1) is 17.3 Å². The second kappa shape index (κ2) is 5.93. The quantitative estimate of drug-likeness (QED) is 0.778. The van der Waals surface area contributed by atoms with Crippen molar-refractivity contribution in [2.75, 3.05) is 5.32 Å². The van der Waals surface area contributed by atoms with Crippen molar-refractivity contribution in [2.24, 2.45) is 0 Å². The number of anilines is 1. The predicted octanol–water partition coefficient (Wildman–Crippen LogP) is 3.93. The van der Waals surface area contributed by atoms with Gasteiger partial charge in [-0.2, -0.15) is 13.2 Å². The Morgan fingerprint density at radius 3 is 2.85 bits per heavy atom. The molecule has 5 nitrogen and oxygen atoms in total. The maximum Gasteiger partial charge on any atom is 0.419 e. The molecule has 2 amide bonds. The lowest BCUT2D eigenvalue weighted by atomic mass is 10.00. The second-order valence-corrected chi connectivity index (χ2v) is 6.41. The highest BCUT2D eigenvalue weighted by molar-refractivity contribution is 5.90. The highest BCUT2D eigenvalue weighted by Crippen LogP contribution is 2.43. The summed E-state index contributed by atoms with van der Waals surface area (Å²) in [7, 11) is 0. The Bertz CT molecular complexity index is 870. The van der Waals surface area contributed by atoms with Crippen LogP contribution in [0, 0.1) is 5.82 Å². The van der Waals surface area contributed by atoms with Crippen LogP contribution in [-0.4, -0.2) is 26.9 Å². The normalized spacial score (nSPS) is 21.5. The number of carbonyl (C=O) groups is 1. The smallest absolute Gasteiger partial charge is 0.314 e. The number of fused-ring (bicyclic) bond motifs is 4. The van der Waals surface area contributed by atoms with Crippen LogP contribution in [0.3, 0.4) is 0 Å². The standard InChI is InChI=1S/C17H14F4N4O/c18-13-3-1-9(5-12(13)17(19,20)21)24-16(26)25-10-2-4-15(25)11-7-22-8-23-14(11)6-10/h1,3,5,7-8,10,15H,2,4,6H2,(H,24,26)/t10-,15+/m1/s1. The van der Waals surface area contributed by atoms with Gasteiger partial charge in [0, 0.05) is 29.9 Å². The molecule has 1 N–H and O–H groups in total. The van der Waals surface area contributed by atoms with E-state index in [0.29, 0.717) is 18.6 Å². The summed E-state index contributed by atoms with van der Waals surface area (Å²) in [4.78, 5) is 22.6. The van der Waals surface area contributed by atoms with Crippen LogP contribution in [0.25, 0.3) is 0 Å². The molecule has 9 heteroatoms. The van der Waals surface area contributed by atoms with Gasteiger partial charge in [-0.3, -0.25) is 0 Å². The van der Waals surface area contributed by atoms with E-state index >= 15 is 0 Å². The zero-order valence-electron chi connectivity index (χ0n) is 13.4. The minimum atomic E-state index is -4.83. The van der Waals surface area contributed by atoms with Crippen molar-refractivity contribution in [1.82, 2.24) is 14.9 Å². The number of nitrogens with zero attached hydrogens (tertiary/aromatic N) is 3. The molecule has 26 heavy (non-hydrogen) atoms. The maximum absolute atomic E-state index is 13.4. The van der Waals surface area contributed by atoms with Gasteiger partial charge in [0.2, 0.25) is 0 Å². The number of carbonyl (C=O) groups excluding carboxylic acids is 1. The lowest BCUT2D eigenvalue weighted by molar-refractivity contribution is -0.139. The van der Waals surface area contributed by atoms with Gasteiger partial charge >= 0.3 is 12.2 Å². The zero-order chi connectivity index (χ0) is 18.5. The summed E-state index contributed by atoms with van der Waals surface area (Å²) in [5.41, 5.74) is 0.262. The number of halogens is 4. The molecule has 0 radical (unpaired) electrons. The van der Waals surface area contributed by atoms with Crippen molar-refractivity contribution in [3.8, 4) is 0 Å². The molecule has 2 bridgehead atoms. The summed E-state index contributed by atoms with van der Waals surface area (Å²) in [6.45, 7) is 0. The van der Waals surface area contributed by atoms with E-state index in [1.807, 2.05) is 0 Å². The number of rotatable bonds is 1. The van der Waals surface area contributed by atoms with Gasteiger partial charge in [0.1, 0.15) is 12.1 Å².